The Labute approximate surface area is 127 Å². The van der Waals surface area contributed by atoms with E-state index in [1.54, 1.807) is 18.2 Å². The van der Waals surface area contributed by atoms with E-state index in [9.17, 15) is 14.9 Å². The van der Waals surface area contributed by atoms with Crippen LogP contribution in [0.25, 0.3) is 6.08 Å². The molecule has 1 aliphatic rings. The molecule has 8 nitrogen and oxygen atoms in total. The van der Waals surface area contributed by atoms with E-state index in [1.165, 1.54) is 18.3 Å². The number of nitrogens with zero attached hydrogens (tertiary/aromatic N) is 3. The Bertz CT molecular complexity index is 906. The summed E-state index contributed by atoms with van der Waals surface area (Å²) in [5.41, 5.74) is 7.36. The number of nitrogens with two attached hydrogens (primary N) is 1. The van der Waals surface area contributed by atoms with Crippen molar-refractivity contribution in [2.75, 3.05) is 5.73 Å². The van der Waals surface area contributed by atoms with E-state index in [1.807, 2.05) is 0 Å². The van der Waals surface area contributed by atoms with E-state index in [-0.39, 0.29) is 16.4 Å². The summed E-state index contributed by atoms with van der Waals surface area (Å²) in [7, 11) is 0. The number of hydrogen-bond acceptors (Lipinski definition) is 7. The van der Waals surface area contributed by atoms with Gasteiger partial charge >= 0.3 is 4.87 Å². The SMILES string of the molecule is Nc1[nH]c(=O)sc1/C=C1\C=NN=C1c1cccc([N+](=O)[O-])c1. The number of rotatable bonds is 3. The number of nitro groups is 1. The smallest absolute Gasteiger partial charge is 0.306 e. The molecule has 0 spiro atoms. The summed E-state index contributed by atoms with van der Waals surface area (Å²) in [5, 5.41) is 18.7. The Morgan fingerprint density at radius 2 is 2.23 bits per heavy atom. The minimum atomic E-state index is -0.473. The van der Waals surface area contributed by atoms with E-state index in [0.29, 0.717) is 21.7 Å². The largest absolute Gasteiger partial charge is 0.384 e. The summed E-state index contributed by atoms with van der Waals surface area (Å²) >= 11 is 0.969. The predicted octanol–water partition coefficient (Wildman–Crippen LogP) is 1.80. The lowest BCUT2D eigenvalue weighted by molar-refractivity contribution is -0.384. The molecule has 1 aromatic carbocycles. The summed E-state index contributed by atoms with van der Waals surface area (Å²) < 4.78 is 0. The van der Waals surface area contributed by atoms with Gasteiger partial charge < -0.3 is 5.73 Å². The van der Waals surface area contributed by atoms with Crippen molar-refractivity contribution >= 4 is 40.8 Å². The number of nitrogens with one attached hydrogen (secondary N) is 1. The normalized spacial score (nSPS) is 15.3. The van der Waals surface area contributed by atoms with Gasteiger partial charge in [0.2, 0.25) is 0 Å². The van der Waals surface area contributed by atoms with E-state index in [4.69, 9.17) is 5.73 Å². The fourth-order valence-electron chi connectivity index (χ4n) is 1.96. The lowest BCUT2D eigenvalue weighted by atomic mass is 10.0. The van der Waals surface area contributed by atoms with Crippen molar-refractivity contribution in [3.05, 3.63) is 60.1 Å². The van der Waals surface area contributed by atoms with Crippen molar-refractivity contribution in [2.45, 2.75) is 0 Å². The fraction of sp³-hybridized carbons (Fsp3) is 0. The van der Waals surface area contributed by atoms with Crippen LogP contribution in [0.4, 0.5) is 11.5 Å². The molecule has 2 aromatic rings. The number of aromatic nitrogens is 1. The van der Waals surface area contributed by atoms with Crippen LogP contribution in [-0.4, -0.2) is 21.8 Å². The molecule has 9 heteroatoms. The number of thiazole rings is 1. The highest BCUT2D eigenvalue weighted by Gasteiger charge is 2.17. The second-order valence-corrected chi connectivity index (χ2v) is 5.41. The quantitative estimate of drug-likeness (QED) is 0.661. The fourth-order valence-corrected chi connectivity index (χ4v) is 2.67. The molecule has 0 aliphatic carbocycles. The molecule has 0 bridgehead atoms. The standard InChI is InChI=1S/C13H9N5O3S/c14-12-10(22-13(19)16-12)5-8-6-15-17-11(8)7-2-1-3-9(4-7)18(20)21/h1-6H,14H2,(H,16,19)/b8-5+. The van der Waals surface area contributed by atoms with Crippen LogP contribution in [-0.2, 0) is 0 Å². The Kier molecular flexibility index (Phi) is 3.39. The van der Waals surface area contributed by atoms with Gasteiger partial charge in [-0.05, 0) is 6.08 Å². The molecule has 0 amide bonds. The maximum Gasteiger partial charge on any atom is 0.306 e. The highest BCUT2D eigenvalue weighted by Crippen LogP contribution is 2.22. The molecule has 22 heavy (non-hydrogen) atoms. The number of H-pyrrole nitrogens is 1. The first-order valence-electron chi connectivity index (χ1n) is 6.11. The molecular formula is C13H9N5O3S. The van der Waals surface area contributed by atoms with Crippen molar-refractivity contribution in [1.29, 1.82) is 0 Å². The van der Waals surface area contributed by atoms with Gasteiger partial charge in [-0.15, -0.1) is 5.10 Å². The number of hydrogen-bond donors (Lipinski definition) is 2. The first-order valence-corrected chi connectivity index (χ1v) is 6.93. The van der Waals surface area contributed by atoms with Gasteiger partial charge in [0.05, 0.1) is 16.0 Å². The molecule has 0 saturated heterocycles. The van der Waals surface area contributed by atoms with Crippen LogP contribution in [0.15, 0.2) is 44.8 Å². The van der Waals surface area contributed by atoms with Gasteiger partial charge in [-0.2, -0.15) is 5.10 Å². The number of non-ortho nitro benzene ring substituents is 1. The first kappa shape index (κ1) is 13.9. The molecule has 3 N–H and O–H groups in total. The molecule has 2 heterocycles. The van der Waals surface area contributed by atoms with Gasteiger partial charge in [-0.25, -0.2) is 0 Å². The Balaban J connectivity index is 2.01. The Hall–Kier alpha value is -3.07. The van der Waals surface area contributed by atoms with E-state index >= 15 is 0 Å². The van der Waals surface area contributed by atoms with Crippen LogP contribution in [0.3, 0.4) is 0 Å². The van der Waals surface area contributed by atoms with Crippen LogP contribution in [0, 0.1) is 10.1 Å². The third-order valence-electron chi connectivity index (χ3n) is 2.95. The maximum atomic E-state index is 11.3. The van der Waals surface area contributed by atoms with E-state index < -0.39 is 4.92 Å². The topological polar surface area (TPSA) is 127 Å². The molecule has 0 saturated carbocycles. The lowest BCUT2D eigenvalue weighted by Crippen LogP contribution is -2.03. The molecule has 3 rings (SSSR count). The van der Waals surface area contributed by atoms with Crippen LogP contribution in [0.1, 0.15) is 10.4 Å². The Morgan fingerprint density at radius 1 is 1.41 bits per heavy atom. The third kappa shape index (κ3) is 2.56. The monoisotopic (exact) mass is 315 g/mol. The predicted molar refractivity (Wildman–Crippen MR) is 85.5 cm³/mol. The summed E-state index contributed by atoms with van der Waals surface area (Å²) in [6, 6.07) is 6.11. The minimum absolute atomic E-state index is 0.0303. The molecule has 0 atom stereocenters. The number of anilines is 1. The van der Waals surface area contributed by atoms with Gasteiger partial charge in [0.25, 0.3) is 5.69 Å². The third-order valence-corrected chi connectivity index (χ3v) is 3.79. The summed E-state index contributed by atoms with van der Waals surface area (Å²) in [5.74, 6) is 0.265. The molecule has 110 valence electrons. The van der Waals surface area contributed by atoms with Gasteiger partial charge in [0.15, 0.2) is 0 Å². The molecule has 0 unspecified atom stereocenters. The zero-order valence-corrected chi connectivity index (χ0v) is 11.8. The zero-order valence-electron chi connectivity index (χ0n) is 11.0. The van der Waals surface area contributed by atoms with E-state index in [2.05, 4.69) is 15.2 Å². The highest BCUT2D eigenvalue weighted by atomic mass is 32.1. The molecule has 0 fully saturated rings. The summed E-state index contributed by atoms with van der Waals surface area (Å²) in [4.78, 5) is 24.4. The second-order valence-electron chi connectivity index (χ2n) is 4.39. The second kappa shape index (κ2) is 5.37. The van der Waals surface area contributed by atoms with Gasteiger partial charge in [0, 0.05) is 23.3 Å². The summed E-state index contributed by atoms with van der Waals surface area (Å²) in [6.45, 7) is 0. The average Bonchev–Trinajstić information content (AvgIpc) is 3.06. The van der Waals surface area contributed by atoms with Gasteiger partial charge in [-0.1, -0.05) is 23.5 Å². The zero-order chi connectivity index (χ0) is 15.7. The number of aromatic amines is 1. The van der Waals surface area contributed by atoms with Crippen LogP contribution in [0.5, 0.6) is 0 Å². The van der Waals surface area contributed by atoms with Crippen molar-refractivity contribution in [1.82, 2.24) is 4.98 Å². The number of benzene rings is 1. The van der Waals surface area contributed by atoms with E-state index in [0.717, 1.165) is 11.3 Å². The Morgan fingerprint density at radius 3 is 2.91 bits per heavy atom. The van der Waals surface area contributed by atoms with Gasteiger partial charge in [0.1, 0.15) is 11.5 Å². The van der Waals surface area contributed by atoms with Crippen LogP contribution in [0.2, 0.25) is 0 Å². The van der Waals surface area contributed by atoms with Gasteiger partial charge in [-0.3, -0.25) is 19.9 Å². The minimum Gasteiger partial charge on any atom is -0.384 e. The number of allylic oxidation sites excluding steroid dienone is 1. The van der Waals surface area contributed by atoms with Crippen LogP contribution >= 0.6 is 11.3 Å². The molecule has 0 radical (unpaired) electrons. The first-order chi connectivity index (χ1) is 10.5. The maximum absolute atomic E-state index is 11.3. The van der Waals surface area contributed by atoms with Crippen molar-refractivity contribution < 1.29 is 4.92 Å². The van der Waals surface area contributed by atoms with Crippen LogP contribution < -0.4 is 10.6 Å². The number of nitrogen functional groups attached to an aromatic ring is 1. The van der Waals surface area contributed by atoms with Crippen molar-refractivity contribution in [2.24, 2.45) is 10.2 Å². The van der Waals surface area contributed by atoms with Crippen molar-refractivity contribution in [3.63, 3.8) is 0 Å². The average molecular weight is 315 g/mol. The lowest BCUT2D eigenvalue weighted by Gasteiger charge is -2.02. The molecular weight excluding hydrogens is 306 g/mol. The number of nitro benzene ring substituents is 1. The summed E-state index contributed by atoms with van der Waals surface area (Å²) in [6.07, 6.45) is 3.18. The highest BCUT2D eigenvalue weighted by molar-refractivity contribution is 7.10. The molecule has 1 aromatic heterocycles. The molecule has 1 aliphatic heterocycles. The van der Waals surface area contributed by atoms with Crippen molar-refractivity contribution in [3.8, 4) is 0 Å².